The summed E-state index contributed by atoms with van der Waals surface area (Å²) in [6.45, 7) is 2.51. The minimum atomic E-state index is -3.02. The van der Waals surface area contributed by atoms with E-state index in [0.717, 1.165) is 0 Å². The number of nitrogens with zero attached hydrogens (tertiary/aromatic N) is 2. The van der Waals surface area contributed by atoms with Crippen LogP contribution in [0.2, 0.25) is 0 Å². The van der Waals surface area contributed by atoms with E-state index in [9.17, 15) is 18.3 Å². The zero-order chi connectivity index (χ0) is 14.0. The first kappa shape index (κ1) is 13.8. The van der Waals surface area contributed by atoms with Gasteiger partial charge in [0.05, 0.1) is 11.5 Å². The van der Waals surface area contributed by atoms with E-state index in [4.69, 9.17) is 0 Å². The number of hydrogen-bond donors (Lipinski definition) is 1. The molecule has 1 aromatic rings. The van der Waals surface area contributed by atoms with Crippen LogP contribution < -0.4 is 4.90 Å². The van der Waals surface area contributed by atoms with Crippen molar-refractivity contribution in [1.82, 2.24) is 4.98 Å². The Kier molecular flexibility index (Phi) is 3.75. The number of carboxylic acids is 1. The highest BCUT2D eigenvalue weighted by Crippen LogP contribution is 2.22. The van der Waals surface area contributed by atoms with Crippen LogP contribution >= 0.6 is 0 Å². The molecule has 0 amide bonds. The predicted molar refractivity (Wildman–Crippen MR) is 71.4 cm³/mol. The molecule has 2 heterocycles. The van der Waals surface area contributed by atoms with Crippen molar-refractivity contribution in [2.45, 2.75) is 13.3 Å². The molecule has 1 N–H and O–H groups in total. The standard InChI is InChI=1S/C12H16N2O4S/c1-9-3-4-13-11(10(9)12(15)16)14-5-2-7-19(17,18)8-6-14/h3-4H,2,5-8H2,1H3,(H,15,16). The predicted octanol–water partition coefficient (Wildman–Crippen LogP) is 0.713. The van der Waals surface area contributed by atoms with Crippen LogP contribution in [0, 0.1) is 6.92 Å². The van der Waals surface area contributed by atoms with Gasteiger partial charge in [-0.2, -0.15) is 0 Å². The Hall–Kier alpha value is -1.63. The molecule has 1 fully saturated rings. The highest BCUT2D eigenvalue weighted by atomic mass is 32.2. The summed E-state index contributed by atoms with van der Waals surface area (Å²) in [5.74, 6) is -0.475. The zero-order valence-electron chi connectivity index (χ0n) is 10.7. The monoisotopic (exact) mass is 284 g/mol. The van der Waals surface area contributed by atoms with E-state index >= 15 is 0 Å². The topological polar surface area (TPSA) is 87.6 Å². The normalized spacial score (nSPS) is 18.9. The van der Waals surface area contributed by atoms with E-state index in [1.54, 1.807) is 24.1 Å². The van der Waals surface area contributed by atoms with Crippen LogP contribution in [0.15, 0.2) is 12.3 Å². The second kappa shape index (κ2) is 5.16. The average Bonchev–Trinajstić information content (AvgIpc) is 2.49. The van der Waals surface area contributed by atoms with Crippen LogP contribution in [0.3, 0.4) is 0 Å². The van der Waals surface area contributed by atoms with Crippen molar-refractivity contribution in [3.8, 4) is 0 Å². The van der Waals surface area contributed by atoms with Crippen molar-refractivity contribution < 1.29 is 18.3 Å². The number of sulfone groups is 1. The first-order valence-corrected chi connectivity index (χ1v) is 7.87. The maximum absolute atomic E-state index is 11.6. The van der Waals surface area contributed by atoms with Gasteiger partial charge in [0, 0.05) is 19.3 Å². The summed E-state index contributed by atoms with van der Waals surface area (Å²) in [6.07, 6.45) is 2.05. The number of pyridine rings is 1. The molecule has 104 valence electrons. The van der Waals surface area contributed by atoms with Crippen LogP contribution in [0.1, 0.15) is 22.3 Å². The fourth-order valence-corrected chi connectivity index (χ4v) is 3.47. The summed E-state index contributed by atoms with van der Waals surface area (Å²) in [5.41, 5.74) is 0.784. The molecule has 1 aliphatic heterocycles. The van der Waals surface area contributed by atoms with Crippen LogP contribution in [-0.4, -0.2) is 49.1 Å². The number of aryl methyl sites for hydroxylation is 1. The third-order valence-corrected chi connectivity index (χ3v) is 4.92. The van der Waals surface area contributed by atoms with Gasteiger partial charge in [0.15, 0.2) is 9.84 Å². The van der Waals surface area contributed by atoms with Crippen molar-refractivity contribution in [1.29, 1.82) is 0 Å². The first-order valence-electron chi connectivity index (χ1n) is 6.05. The molecule has 2 rings (SSSR count). The molecule has 1 aromatic heterocycles. The third kappa shape index (κ3) is 3.04. The van der Waals surface area contributed by atoms with Crippen molar-refractivity contribution in [3.63, 3.8) is 0 Å². The second-order valence-corrected chi connectivity index (χ2v) is 6.93. The van der Waals surface area contributed by atoms with Crippen LogP contribution in [0.5, 0.6) is 0 Å². The molecular weight excluding hydrogens is 268 g/mol. The highest BCUT2D eigenvalue weighted by molar-refractivity contribution is 7.91. The molecule has 1 saturated heterocycles. The number of aromatic nitrogens is 1. The molecule has 0 radical (unpaired) electrons. The molecule has 0 atom stereocenters. The number of carbonyl (C=O) groups is 1. The number of anilines is 1. The molecule has 0 saturated carbocycles. The minimum Gasteiger partial charge on any atom is -0.478 e. The number of hydrogen-bond acceptors (Lipinski definition) is 5. The van der Waals surface area contributed by atoms with Gasteiger partial charge in [0.25, 0.3) is 0 Å². The molecule has 0 unspecified atom stereocenters. The molecular formula is C12H16N2O4S. The van der Waals surface area contributed by atoms with Crippen molar-refractivity contribution >= 4 is 21.6 Å². The molecule has 6 nitrogen and oxygen atoms in total. The van der Waals surface area contributed by atoms with E-state index < -0.39 is 15.8 Å². The van der Waals surface area contributed by atoms with Gasteiger partial charge in [0.1, 0.15) is 11.4 Å². The van der Waals surface area contributed by atoms with E-state index in [0.29, 0.717) is 30.9 Å². The van der Waals surface area contributed by atoms with E-state index in [-0.39, 0.29) is 17.1 Å². The van der Waals surface area contributed by atoms with Gasteiger partial charge in [-0.1, -0.05) is 0 Å². The van der Waals surface area contributed by atoms with Crippen molar-refractivity contribution in [2.75, 3.05) is 29.5 Å². The Labute approximate surface area is 112 Å². The summed E-state index contributed by atoms with van der Waals surface area (Å²) in [5, 5.41) is 9.27. The lowest BCUT2D eigenvalue weighted by Gasteiger charge is -2.23. The lowest BCUT2D eigenvalue weighted by molar-refractivity contribution is 0.0696. The van der Waals surface area contributed by atoms with Gasteiger partial charge in [-0.15, -0.1) is 0 Å². The summed E-state index contributed by atoms with van der Waals surface area (Å²) in [6, 6.07) is 1.64. The minimum absolute atomic E-state index is 0.0433. The van der Waals surface area contributed by atoms with Crippen molar-refractivity contribution in [2.24, 2.45) is 0 Å². The van der Waals surface area contributed by atoms with Gasteiger partial charge >= 0.3 is 5.97 Å². The van der Waals surface area contributed by atoms with Crippen molar-refractivity contribution in [3.05, 3.63) is 23.4 Å². The fourth-order valence-electron chi connectivity index (χ4n) is 2.20. The smallest absolute Gasteiger partial charge is 0.339 e. The largest absolute Gasteiger partial charge is 0.478 e. The lowest BCUT2D eigenvalue weighted by atomic mass is 10.1. The maximum atomic E-state index is 11.6. The molecule has 0 bridgehead atoms. The van der Waals surface area contributed by atoms with E-state index in [1.165, 1.54) is 0 Å². The fraction of sp³-hybridized carbons (Fsp3) is 0.500. The van der Waals surface area contributed by atoms with Gasteiger partial charge < -0.3 is 10.0 Å². The van der Waals surface area contributed by atoms with Gasteiger partial charge in [-0.05, 0) is 25.0 Å². The number of aromatic carboxylic acids is 1. The average molecular weight is 284 g/mol. The summed E-state index contributed by atoms with van der Waals surface area (Å²) >= 11 is 0. The Bertz CT molecular complexity index is 598. The third-order valence-electron chi connectivity index (χ3n) is 3.21. The van der Waals surface area contributed by atoms with E-state index in [2.05, 4.69) is 4.98 Å². The SMILES string of the molecule is Cc1ccnc(N2CCCS(=O)(=O)CC2)c1C(=O)O. The molecule has 0 spiro atoms. The molecule has 0 aliphatic carbocycles. The molecule has 19 heavy (non-hydrogen) atoms. The maximum Gasteiger partial charge on any atom is 0.339 e. The molecule has 7 heteroatoms. The van der Waals surface area contributed by atoms with Gasteiger partial charge in [-0.3, -0.25) is 0 Å². The van der Waals surface area contributed by atoms with Crippen LogP contribution in [0.25, 0.3) is 0 Å². The quantitative estimate of drug-likeness (QED) is 0.860. The second-order valence-electron chi connectivity index (χ2n) is 4.62. The summed E-state index contributed by atoms with van der Waals surface area (Å²) in [4.78, 5) is 17.2. The lowest BCUT2D eigenvalue weighted by Crippen LogP contribution is -2.29. The molecule has 0 aromatic carbocycles. The Balaban J connectivity index is 2.37. The van der Waals surface area contributed by atoms with Gasteiger partial charge in [0.2, 0.25) is 0 Å². The first-order chi connectivity index (χ1) is 8.91. The Morgan fingerprint density at radius 1 is 1.37 bits per heavy atom. The number of rotatable bonds is 2. The Morgan fingerprint density at radius 2 is 2.11 bits per heavy atom. The van der Waals surface area contributed by atoms with E-state index in [1.807, 2.05) is 0 Å². The van der Waals surface area contributed by atoms with Crippen LogP contribution in [0.4, 0.5) is 5.82 Å². The molecule has 1 aliphatic rings. The Morgan fingerprint density at radius 3 is 2.79 bits per heavy atom. The summed E-state index contributed by atoms with van der Waals surface area (Å²) in [7, 11) is -3.02. The highest BCUT2D eigenvalue weighted by Gasteiger charge is 2.24. The van der Waals surface area contributed by atoms with Gasteiger partial charge in [-0.25, -0.2) is 18.2 Å². The number of carboxylic acid groups (broad SMARTS) is 1. The zero-order valence-corrected chi connectivity index (χ0v) is 11.5. The van der Waals surface area contributed by atoms with Crippen LogP contribution in [-0.2, 0) is 9.84 Å². The summed E-state index contributed by atoms with van der Waals surface area (Å²) < 4.78 is 23.1.